The van der Waals surface area contributed by atoms with Crippen molar-refractivity contribution in [3.63, 3.8) is 0 Å². The summed E-state index contributed by atoms with van der Waals surface area (Å²) in [7, 11) is 1.72. The lowest BCUT2D eigenvalue weighted by Crippen LogP contribution is -2.35. The molecule has 0 aliphatic carbocycles. The molecule has 0 radical (unpaired) electrons. The molecule has 1 aliphatic heterocycles. The number of rotatable bonds is 5. The topological polar surface area (TPSA) is 60.9 Å². The Morgan fingerprint density at radius 1 is 0.926 bits per heavy atom. The molecule has 5 heteroatoms. The van der Waals surface area contributed by atoms with E-state index in [2.05, 4.69) is 0 Å². The van der Waals surface area contributed by atoms with Crippen molar-refractivity contribution in [2.24, 2.45) is 0 Å². The van der Waals surface area contributed by atoms with Gasteiger partial charge in [-0.05, 0) is 49.1 Å². The molecule has 0 bridgehead atoms. The van der Waals surface area contributed by atoms with Crippen LogP contribution < -0.4 is 4.90 Å². The average Bonchev–Trinajstić information content (AvgIpc) is 2.89. The largest absolute Gasteiger partial charge is 0.395 e. The predicted octanol–water partition coefficient (Wildman–Crippen LogP) is 2.82. The van der Waals surface area contributed by atoms with Crippen molar-refractivity contribution in [3.05, 3.63) is 70.4 Å². The maximum absolute atomic E-state index is 13.3. The molecule has 1 heterocycles. The zero-order chi connectivity index (χ0) is 19.7. The standard InChI is InChI=1S/C22H24N2O3/c1-14-9-10-17(13-16(14)3)19-20(23(4)11-12-25)22(27)24(21(19)26)18-8-6-5-7-15(18)2/h5-10,13,25H,11-12H2,1-4H3. The fourth-order valence-corrected chi connectivity index (χ4v) is 3.32. The number of benzene rings is 2. The molecule has 0 spiro atoms. The lowest BCUT2D eigenvalue weighted by atomic mass is 9.99. The highest BCUT2D eigenvalue weighted by Gasteiger charge is 2.42. The van der Waals surface area contributed by atoms with Crippen LogP contribution in [0.2, 0.25) is 0 Å². The van der Waals surface area contributed by atoms with Gasteiger partial charge < -0.3 is 10.0 Å². The fourth-order valence-electron chi connectivity index (χ4n) is 3.32. The van der Waals surface area contributed by atoms with E-state index in [0.717, 1.165) is 16.7 Å². The Hall–Kier alpha value is -2.92. The van der Waals surface area contributed by atoms with E-state index in [1.54, 1.807) is 18.0 Å². The highest BCUT2D eigenvalue weighted by molar-refractivity contribution is 6.45. The monoisotopic (exact) mass is 364 g/mol. The average molecular weight is 364 g/mol. The zero-order valence-corrected chi connectivity index (χ0v) is 16.1. The minimum Gasteiger partial charge on any atom is -0.395 e. The van der Waals surface area contributed by atoms with Crippen molar-refractivity contribution in [2.75, 3.05) is 25.1 Å². The second-order valence-corrected chi connectivity index (χ2v) is 6.90. The summed E-state index contributed by atoms with van der Waals surface area (Å²) in [6.07, 6.45) is 0. The third kappa shape index (κ3) is 3.26. The maximum Gasteiger partial charge on any atom is 0.282 e. The van der Waals surface area contributed by atoms with E-state index in [4.69, 9.17) is 0 Å². The number of hydrogen-bond donors (Lipinski definition) is 1. The van der Waals surface area contributed by atoms with E-state index >= 15 is 0 Å². The number of hydrogen-bond acceptors (Lipinski definition) is 4. The van der Waals surface area contributed by atoms with Crippen LogP contribution in [0.15, 0.2) is 48.2 Å². The number of carbonyl (C=O) groups is 2. The minimum absolute atomic E-state index is 0.105. The molecule has 0 saturated carbocycles. The van der Waals surface area contributed by atoms with Crippen molar-refractivity contribution in [3.8, 4) is 0 Å². The molecule has 0 unspecified atom stereocenters. The first-order valence-electron chi connectivity index (χ1n) is 8.95. The Labute approximate surface area is 159 Å². The molecule has 1 N–H and O–H groups in total. The van der Waals surface area contributed by atoms with Crippen molar-refractivity contribution in [1.82, 2.24) is 4.90 Å². The number of anilines is 1. The summed E-state index contributed by atoms with van der Waals surface area (Å²) in [5, 5.41) is 9.34. The Morgan fingerprint density at radius 3 is 2.26 bits per heavy atom. The van der Waals surface area contributed by atoms with Crippen molar-refractivity contribution in [2.45, 2.75) is 20.8 Å². The third-order valence-corrected chi connectivity index (χ3v) is 5.03. The number of para-hydroxylation sites is 1. The van der Waals surface area contributed by atoms with E-state index in [1.165, 1.54) is 4.90 Å². The molecule has 2 amide bonds. The van der Waals surface area contributed by atoms with Gasteiger partial charge in [-0.3, -0.25) is 9.59 Å². The van der Waals surface area contributed by atoms with Crippen LogP contribution >= 0.6 is 0 Å². The molecular formula is C22H24N2O3. The number of aliphatic hydroxyl groups is 1. The molecule has 3 rings (SSSR count). The van der Waals surface area contributed by atoms with E-state index in [9.17, 15) is 14.7 Å². The SMILES string of the molecule is Cc1ccc(C2=C(N(C)CCO)C(=O)N(c3ccccc3C)C2=O)cc1C. The quantitative estimate of drug-likeness (QED) is 0.829. The van der Waals surface area contributed by atoms with Gasteiger partial charge in [0.05, 0.1) is 17.9 Å². The number of likely N-dealkylation sites (N-methyl/N-ethyl adjacent to an activating group) is 1. The van der Waals surface area contributed by atoms with Gasteiger partial charge in [0.15, 0.2) is 0 Å². The fraction of sp³-hybridized carbons (Fsp3) is 0.273. The van der Waals surface area contributed by atoms with Crippen LogP contribution in [0, 0.1) is 20.8 Å². The van der Waals surface area contributed by atoms with Gasteiger partial charge in [0.1, 0.15) is 5.70 Å². The number of nitrogens with zero attached hydrogens (tertiary/aromatic N) is 2. The minimum atomic E-state index is -0.363. The van der Waals surface area contributed by atoms with Gasteiger partial charge in [-0.1, -0.05) is 36.4 Å². The van der Waals surface area contributed by atoms with Gasteiger partial charge >= 0.3 is 0 Å². The zero-order valence-electron chi connectivity index (χ0n) is 16.1. The van der Waals surface area contributed by atoms with Gasteiger partial charge in [-0.15, -0.1) is 0 Å². The third-order valence-electron chi connectivity index (χ3n) is 5.03. The molecule has 27 heavy (non-hydrogen) atoms. The van der Waals surface area contributed by atoms with Gasteiger partial charge in [0.2, 0.25) is 0 Å². The number of carbonyl (C=O) groups excluding carboxylic acids is 2. The lowest BCUT2D eigenvalue weighted by molar-refractivity contribution is -0.120. The predicted molar refractivity (Wildman–Crippen MR) is 106 cm³/mol. The highest BCUT2D eigenvalue weighted by Crippen LogP contribution is 2.35. The molecule has 0 atom stereocenters. The summed E-state index contributed by atoms with van der Waals surface area (Å²) < 4.78 is 0. The molecule has 5 nitrogen and oxygen atoms in total. The van der Waals surface area contributed by atoms with Gasteiger partial charge in [0, 0.05) is 13.6 Å². The van der Waals surface area contributed by atoms with Crippen LogP contribution in [0.1, 0.15) is 22.3 Å². The smallest absolute Gasteiger partial charge is 0.282 e. The van der Waals surface area contributed by atoms with E-state index in [-0.39, 0.29) is 25.0 Å². The molecule has 0 aromatic heterocycles. The van der Waals surface area contributed by atoms with E-state index in [1.807, 2.05) is 57.2 Å². The highest BCUT2D eigenvalue weighted by atomic mass is 16.3. The number of amides is 2. The van der Waals surface area contributed by atoms with Crippen molar-refractivity contribution < 1.29 is 14.7 Å². The van der Waals surface area contributed by atoms with Crippen LogP contribution in [0.3, 0.4) is 0 Å². The molecule has 2 aromatic carbocycles. The number of aliphatic hydroxyl groups excluding tert-OH is 1. The molecule has 0 fully saturated rings. The van der Waals surface area contributed by atoms with Crippen LogP contribution in [0.25, 0.3) is 5.57 Å². The molecule has 0 saturated heterocycles. The second kappa shape index (κ2) is 7.37. The second-order valence-electron chi connectivity index (χ2n) is 6.90. The summed E-state index contributed by atoms with van der Waals surface area (Å²) >= 11 is 0. The van der Waals surface area contributed by atoms with Crippen molar-refractivity contribution in [1.29, 1.82) is 0 Å². The Balaban J connectivity index is 2.18. The number of aryl methyl sites for hydroxylation is 3. The normalized spacial score (nSPS) is 14.3. The first-order chi connectivity index (χ1) is 12.9. The summed E-state index contributed by atoms with van der Waals surface area (Å²) in [5.41, 5.74) is 5.03. The summed E-state index contributed by atoms with van der Waals surface area (Å²) in [6.45, 7) is 6.03. The van der Waals surface area contributed by atoms with Gasteiger partial charge in [0.25, 0.3) is 11.8 Å². The van der Waals surface area contributed by atoms with Crippen LogP contribution in [0.5, 0.6) is 0 Å². The maximum atomic E-state index is 13.3. The first-order valence-corrected chi connectivity index (χ1v) is 8.95. The van der Waals surface area contributed by atoms with E-state index < -0.39 is 0 Å². The van der Waals surface area contributed by atoms with Crippen LogP contribution in [-0.4, -0.2) is 42.0 Å². The molecular weight excluding hydrogens is 340 g/mol. The van der Waals surface area contributed by atoms with E-state index in [0.29, 0.717) is 22.5 Å². The van der Waals surface area contributed by atoms with Gasteiger partial charge in [-0.2, -0.15) is 0 Å². The van der Waals surface area contributed by atoms with Crippen LogP contribution in [-0.2, 0) is 9.59 Å². The Bertz CT molecular complexity index is 946. The Kier molecular flexibility index (Phi) is 5.15. The van der Waals surface area contributed by atoms with Crippen LogP contribution in [0.4, 0.5) is 5.69 Å². The molecule has 2 aromatic rings. The first kappa shape index (κ1) is 18.9. The summed E-state index contributed by atoms with van der Waals surface area (Å²) in [5.74, 6) is -0.698. The molecule has 140 valence electrons. The number of imide groups is 1. The Morgan fingerprint density at radius 2 is 1.63 bits per heavy atom. The van der Waals surface area contributed by atoms with Crippen molar-refractivity contribution >= 4 is 23.1 Å². The van der Waals surface area contributed by atoms with Gasteiger partial charge in [-0.25, -0.2) is 4.90 Å². The molecule has 1 aliphatic rings. The summed E-state index contributed by atoms with van der Waals surface area (Å²) in [6, 6.07) is 13.1. The summed E-state index contributed by atoms with van der Waals surface area (Å²) in [4.78, 5) is 29.5. The lowest BCUT2D eigenvalue weighted by Gasteiger charge is -2.21.